The third kappa shape index (κ3) is 6.11. The topological polar surface area (TPSA) is 184 Å². The van der Waals surface area contributed by atoms with Gasteiger partial charge in [0.25, 0.3) is 10.4 Å². The molecule has 0 heterocycles. The fourth-order valence-corrected chi connectivity index (χ4v) is 6.53. The molecule has 0 radical (unpaired) electrons. The molecule has 13 heteroatoms. The molecule has 0 spiro atoms. The molecule has 0 amide bonds. The summed E-state index contributed by atoms with van der Waals surface area (Å²) in [6.07, 6.45) is 3.69. The van der Waals surface area contributed by atoms with Gasteiger partial charge in [-0.05, 0) is 71.2 Å². The molecule has 0 fully saturated rings. The van der Waals surface area contributed by atoms with Crippen molar-refractivity contribution in [2.45, 2.75) is 64.7 Å². The number of rotatable bonds is 7. The molecule has 216 valence electrons. The smallest absolute Gasteiger partial charge is 0.872 e. The Labute approximate surface area is 293 Å². The van der Waals surface area contributed by atoms with Crippen LogP contribution in [0, 0.1) is 0 Å². The van der Waals surface area contributed by atoms with Gasteiger partial charge in [0.15, 0.2) is 5.78 Å². The number of hydrogen-bond acceptors (Lipinski definition) is 9. The maximum atomic E-state index is 13.9. The van der Waals surface area contributed by atoms with E-state index in [0.717, 1.165) is 31.4 Å². The molecular formula is C30H28Na2O10S. The van der Waals surface area contributed by atoms with Crippen molar-refractivity contribution < 1.29 is 106 Å². The summed E-state index contributed by atoms with van der Waals surface area (Å²) in [5.74, 6) is -4.22. The Morgan fingerprint density at radius 2 is 1.65 bits per heavy atom. The minimum absolute atomic E-state index is 0. The Morgan fingerprint density at radius 1 is 1.00 bits per heavy atom. The van der Waals surface area contributed by atoms with Crippen molar-refractivity contribution >= 4 is 22.2 Å². The van der Waals surface area contributed by atoms with Crippen LogP contribution in [0.25, 0.3) is 11.1 Å². The van der Waals surface area contributed by atoms with Gasteiger partial charge in [0.05, 0.1) is 5.56 Å². The van der Waals surface area contributed by atoms with E-state index in [1.54, 1.807) is 26.0 Å². The van der Waals surface area contributed by atoms with Crippen LogP contribution >= 0.6 is 0 Å². The van der Waals surface area contributed by atoms with Crippen molar-refractivity contribution in [2.24, 2.45) is 0 Å². The molecular weight excluding hydrogens is 598 g/mol. The Balaban J connectivity index is 0.00000253. The average molecular weight is 627 g/mol. The normalized spacial score (nSPS) is 14.3. The van der Waals surface area contributed by atoms with E-state index in [1.807, 2.05) is 6.92 Å². The zero-order valence-electron chi connectivity index (χ0n) is 24.7. The number of carbonyl (C=O) groups excluding carboxylic acids is 1. The number of aromatic carboxylic acids is 1. The molecule has 0 atom stereocenters. The molecule has 0 bridgehead atoms. The van der Waals surface area contributed by atoms with Crippen LogP contribution in [0.1, 0.15) is 94.1 Å². The van der Waals surface area contributed by atoms with E-state index >= 15 is 0 Å². The first-order chi connectivity index (χ1) is 19.2. The number of aromatic hydroxyl groups is 2. The van der Waals surface area contributed by atoms with Crippen molar-refractivity contribution in [1.29, 1.82) is 0 Å². The minimum atomic E-state index is -5.18. The summed E-state index contributed by atoms with van der Waals surface area (Å²) < 4.78 is 38.0. The van der Waals surface area contributed by atoms with Crippen molar-refractivity contribution in [1.82, 2.24) is 0 Å². The first-order valence-corrected chi connectivity index (χ1v) is 14.6. The minimum Gasteiger partial charge on any atom is -0.872 e. The van der Waals surface area contributed by atoms with Gasteiger partial charge in [-0.1, -0.05) is 45.4 Å². The van der Waals surface area contributed by atoms with Gasteiger partial charge in [0, 0.05) is 22.6 Å². The van der Waals surface area contributed by atoms with Crippen LogP contribution in [0.5, 0.6) is 23.0 Å². The van der Waals surface area contributed by atoms with Crippen LogP contribution in [-0.2, 0) is 35.1 Å². The number of phenolic OH excluding ortho intramolecular Hbond substituents is 1. The predicted molar refractivity (Wildman–Crippen MR) is 145 cm³/mol. The first kappa shape index (κ1) is 35.4. The molecule has 10 nitrogen and oxygen atoms in total. The maximum Gasteiger partial charge on any atom is 1.00 e. The van der Waals surface area contributed by atoms with Crippen LogP contribution in [-0.4, -0.2) is 40.0 Å². The van der Waals surface area contributed by atoms with E-state index in [9.17, 15) is 43.0 Å². The van der Waals surface area contributed by atoms with Crippen LogP contribution in [0.3, 0.4) is 0 Å². The summed E-state index contributed by atoms with van der Waals surface area (Å²) >= 11 is 0. The Hall–Kier alpha value is -2.09. The molecule has 3 N–H and O–H groups in total. The largest absolute Gasteiger partial charge is 1.00 e. The second kappa shape index (κ2) is 12.7. The molecule has 0 unspecified atom stereocenters. The van der Waals surface area contributed by atoms with Gasteiger partial charge in [-0.3, -0.25) is 4.79 Å². The van der Waals surface area contributed by atoms with Crippen LogP contribution in [0.2, 0.25) is 0 Å². The van der Waals surface area contributed by atoms with Crippen molar-refractivity contribution in [3.05, 3.63) is 68.8 Å². The molecule has 0 saturated carbocycles. The monoisotopic (exact) mass is 626 g/mol. The van der Waals surface area contributed by atoms with E-state index in [-0.39, 0.29) is 104 Å². The molecule has 2 aliphatic carbocycles. The summed E-state index contributed by atoms with van der Waals surface area (Å²) in [7, 11) is -5.18. The molecule has 0 saturated heterocycles. The van der Waals surface area contributed by atoms with Crippen molar-refractivity contribution in [3.63, 3.8) is 0 Å². The van der Waals surface area contributed by atoms with E-state index in [0.29, 0.717) is 29.5 Å². The van der Waals surface area contributed by atoms with Gasteiger partial charge in [-0.15, -0.1) is 0 Å². The first-order valence-electron chi connectivity index (χ1n) is 13.2. The number of benzene rings is 3. The number of unbranched alkanes of at least 4 members (excludes halogenated alkanes) is 2. The van der Waals surface area contributed by atoms with Gasteiger partial charge >= 0.3 is 65.1 Å². The number of hydrogen-bond donors (Lipinski definition) is 3. The third-order valence-corrected chi connectivity index (χ3v) is 8.51. The standard InChI is InChI=1S/C30H30O10S.2Na/c1-4-5-6-7-14-10-15-8-9-17-18(22(15)27(33)23(14)29(35)36)13-20-25(26(17)32)28(34)24-19(30(20,2)3)11-16(12-21(24)31)40-41(37,38)39;;/h10-13,31-33H,4-9H2,1-3H3,(H,35,36)(H,37,38,39);;/q;2*+1/p-2. The molecule has 3 aromatic carbocycles. The van der Waals surface area contributed by atoms with Gasteiger partial charge in [-0.25, -0.2) is 13.2 Å². The summed E-state index contributed by atoms with van der Waals surface area (Å²) in [6, 6.07) is 5.35. The third-order valence-electron chi connectivity index (χ3n) is 8.12. The number of carboxylic acid groups (broad SMARTS) is 1. The molecule has 2 aliphatic rings. The molecule has 0 aliphatic heterocycles. The van der Waals surface area contributed by atoms with Gasteiger partial charge in [0.1, 0.15) is 22.8 Å². The van der Waals surface area contributed by atoms with E-state index in [2.05, 4.69) is 4.18 Å². The number of carbonyl (C=O) groups is 2. The molecule has 5 rings (SSSR count). The van der Waals surface area contributed by atoms with Gasteiger partial charge in [0.2, 0.25) is 0 Å². The average Bonchev–Trinajstić information content (AvgIpc) is 2.85. The number of phenols is 2. The summed E-state index contributed by atoms with van der Waals surface area (Å²) in [4.78, 5) is 25.9. The van der Waals surface area contributed by atoms with Crippen LogP contribution in [0.15, 0.2) is 24.3 Å². The predicted octanol–water partition coefficient (Wildman–Crippen LogP) is -1.91. The molecule has 3 aromatic rings. The molecule has 43 heavy (non-hydrogen) atoms. The number of ketones is 1. The van der Waals surface area contributed by atoms with E-state index in [1.165, 1.54) is 0 Å². The van der Waals surface area contributed by atoms with Crippen LogP contribution in [0.4, 0.5) is 0 Å². The zero-order valence-corrected chi connectivity index (χ0v) is 29.5. The van der Waals surface area contributed by atoms with Crippen molar-refractivity contribution in [2.75, 3.05) is 0 Å². The Bertz CT molecular complexity index is 1760. The summed E-state index contributed by atoms with van der Waals surface area (Å²) in [6.45, 7) is 5.34. The van der Waals surface area contributed by atoms with Gasteiger partial charge in [-0.2, -0.15) is 0 Å². The second-order valence-corrected chi connectivity index (χ2v) is 12.0. The van der Waals surface area contributed by atoms with Crippen molar-refractivity contribution in [3.8, 4) is 34.1 Å². The number of carboxylic acids is 1. The van der Waals surface area contributed by atoms with Gasteiger partial charge < -0.3 is 29.2 Å². The quantitative estimate of drug-likeness (QED) is 0.116. The van der Waals surface area contributed by atoms with E-state index < -0.39 is 50.6 Å². The molecule has 0 aromatic heterocycles. The number of fused-ring (bicyclic) bond motifs is 5. The zero-order chi connectivity index (χ0) is 30.0. The Kier molecular flexibility index (Phi) is 10.5. The number of aryl methyl sites for hydroxylation is 2. The fraction of sp³-hybridized carbons (Fsp3) is 0.333. The SMILES string of the molecule is CCCCCc1cc2c(c(O)c1C(=O)O)-c1cc3c(c([O-])c1CC2)C(=O)c1c(O)cc(OS(=O)(=O)[O-])cc1C3(C)C.[Na+].[Na+]. The fourth-order valence-electron chi connectivity index (χ4n) is 6.20. The maximum absolute atomic E-state index is 13.9. The summed E-state index contributed by atoms with van der Waals surface area (Å²) in [5.41, 5.74) is 0.620. The Morgan fingerprint density at radius 3 is 2.26 bits per heavy atom. The summed E-state index contributed by atoms with van der Waals surface area (Å²) in [5, 5.41) is 45.8. The van der Waals surface area contributed by atoms with Crippen LogP contribution < -0.4 is 68.4 Å². The second-order valence-electron chi connectivity index (χ2n) is 11.0. The van der Waals surface area contributed by atoms with E-state index in [4.69, 9.17) is 0 Å².